The Morgan fingerprint density at radius 3 is 1.88 bits per heavy atom. The Hall–Kier alpha value is -3.50. The lowest BCUT2D eigenvalue weighted by atomic mass is 9.72. The van der Waals surface area contributed by atoms with Gasteiger partial charge in [0.25, 0.3) is 0 Å². The molecule has 1 fully saturated rings. The molecule has 1 N–H and O–H groups in total. The van der Waals surface area contributed by atoms with Crippen molar-refractivity contribution in [3.05, 3.63) is 107 Å². The predicted octanol–water partition coefficient (Wildman–Crippen LogP) is 5.95. The van der Waals surface area contributed by atoms with Crippen molar-refractivity contribution < 1.29 is 16.8 Å². The van der Waals surface area contributed by atoms with Gasteiger partial charge in [0, 0.05) is 37.4 Å². The van der Waals surface area contributed by atoms with E-state index in [1.165, 1.54) is 5.57 Å². The van der Waals surface area contributed by atoms with Gasteiger partial charge in [0.1, 0.15) is 0 Å². The fourth-order valence-electron chi connectivity index (χ4n) is 6.95. The molecular formula is C34H35N3O4S2. The third-order valence-electron chi connectivity index (χ3n) is 9.39. The Morgan fingerprint density at radius 2 is 1.26 bits per heavy atom. The summed E-state index contributed by atoms with van der Waals surface area (Å²) in [6, 6.07) is 26.6. The molecule has 0 amide bonds. The maximum Gasteiger partial charge on any atom is 0.243 e. The highest BCUT2D eigenvalue weighted by molar-refractivity contribution is 7.89. The lowest BCUT2D eigenvalue weighted by Crippen LogP contribution is -2.56. The number of nitrogens with one attached hydrogen (secondary N) is 1. The second kappa shape index (κ2) is 10.3. The van der Waals surface area contributed by atoms with E-state index < -0.39 is 25.6 Å². The van der Waals surface area contributed by atoms with E-state index in [1.807, 2.05) is 50.2 Å². The van der Waals surface area contributed by atoms with Crippen molar-refractivity contribution in [2.24, 2.45) is 0 Å². The quantitative estimate of drug-likeness (QED) is 0.307. The van der Waals surface area contributed by atoms with Gasteiger partial charge in [0.2, 0.25) is 20.0 Å². The standard InChI is InChI=1S/C34H35N3O4S2/c1-24-7-12-27(13-8-24)42(38,39)36-21-18-34(19-22-36)31-23-37(43(40,41)28-14-9-25(2)10-15-28)20-17-30(31)33-29-6-4-3-5-26(29)11-16-32(33)35-34/h3-16,35H,17-23H2,1-2H3. The Bertz CT molecular complexity index is 1980. The summed E-state index contributed by atoms with van der Waals surface area (Å²) in [6.07, 6.45) is 1.68. The molecule has 222 valence electrons. The first-order valence-corrected chi connectivity index (χ1v) is 17.6. The molecule has 4 aromatic rings. The van der Waals surface area contributed by atoms with Crippen LogP contribution in [0.2, 0.25) is 0 Å². The molecule has 4 aromatic carbocycles. The predicted molar refractivity (Wildman–Crippen MR) is 171 cm³/mol. The number of hydrogen-bond donors (Lipinski definition) is 1. The topological polar surface area (TPSA) is 86.8 Å². The highest BCUT2D eigenvalue weighted by Crippen LogP contribution is 2.50. The first-order chi connectivity index (χ1) is 20.6. The molecule has 0 unspecified atom stereocenters. The summed E-state index contributed by atoms with van der Waals surface area (Å²) in [5.74, 6) is 0. The lowest BCUT2D eigenvalue weighted by Gasteiger charge is -2.50. The fraction of sp³-hybridized carbons (Fsp3) is 0.294. The van der Waals surface area contributed by atoms with Gasteiger partial charge in [-0.05, 0) is 85.4 Å². The van der Waals surface area contributed by atoms with E-state index in [2.05, 4.69) is 29.6 Å². The minimum absolute atomic E-state index is 0.270. The number of aryl methyl sites for hydroxylation is 2. The molecule has 0 atom stereocenters. The van der Waals surface area contributed by atoms with Crippen molar-refractivity contribution in [1.29, 1.82) is 0 Å². The largest absolute Gasteiger partial charge is 0.375 e. The maximum absolute atomic E-state index is 13.9. The summed E-state index contributed by atoms with van der Waals surface area (Å²) in [5.41, 5.74) is 5.89. The van der Waals surface area contributed by atoms with Gasteiger partial charge in [-0.1, -0.05) is 65.7 Å². The Morgan fingerprint density at radius 1 is 0.674 bits per heavy atom. The minimum atomic E-state index is -3.71. The van der Waals surface area contributed by atoms with Crippen LogP contribution in [0.1, 0.15) is 36.0 Å². The van der Waals surface area contributed by atoms with Gasteiger partial charge >= 0.3 is 0 Å². The average molecular weight is 614 g/mol. The molecular weight excluding hydrogens is 579 g/mol. The monoisotopic (exact) mass is 613 g/mol. The number of nitrogens with zero attached hydrogens (tertiary/aromatic N) is 2. The minimum Gasteiger partial charge on any atom is -0.375 e. The molecule has 0 aromatic heterocycles. The van der Waals surface area contributed by atoms with E-state index in [9.17, 15) is 16.8 Å². The molecule has 9 heteroatoms. The van der Waals surface area contributed by atoms with Crippen molar-refractivity contribution in [2.45, 2.75) is 48.4 Å². The van der Waals surface area contributed by atoms with Crippen molar-refractivity contribution in [3.8, 4) is 0 Å². The number of rotatable bonds is 4. The van der Waals surface area contributed by atoms with Crippen LogP contribution in [-0.2, 0) is 20.0 Å². The van der Waals surface area contributed by atoms with Gasteiger partial charge in [-0.25, -0.2) is 16.8 Å². The number of anilines is 1. The van der Waals surface area contributed by atoms with E-state index in [-0.39, 0.29) is 6.54 Å². The van der Waals surface area contributed by atoms with Gasteiger partial charge in [-0.2, -0.15) is 8.61 Å². The van der Waals surface area contributed by atoms with Gasteiger partial charge in [-0.15, -0.1) is 0 Å². The number of piperidine rings is 1. The molecule has 3 heterocycles. The number of sulfonamides is 2. The Labute approximate surface area is 253 Å². The molecule has 3 aliphatic rings. The SMILES string of the molecule is Cc1ccc(S(=O)(=O)N2CCC3(CC2)Nc2ccc4ccccc4c2C2=C3CN(S(=O)(=O)c3ccc(C)cc3)CC2)cc1. The average Bonchev–Trinajstić information content (AvgIpc) is 3.01. The van der Waals surface area contributed by atoms with Crippen molar-refractivity contribution >= 4 is 42.1 Å². The molecule has 0 radical (unpaired) electrons. The molecule has 3 aliphatic heterocycles. The summed E-state index contributed by atoms with van der Waals surface area (Å²) >= 11 is 0. The van der Waals surface area contributed by atoms with Gasteiger partial charge in [0.05, 0.1) is 15.3 Å². The summed E-state index contributed by atoms with van der Waals surface area (Å²) in [7, 11) is -7.36. The first-order valence-electron chi connectivity index (χ1n) is 14.7. The van der Waals surface area contributed by atoms with Gasteiger partial charge in [0.15, 0.2) is 0 Å². The van der Waals surface area contributed by atoms with Gasteiger partial charge in [-0.3, -0.25) is 0 Å². The smallest absolute Gasteiger partial charge is 0.243 e. The number of fused-ring (bicyclic) bond motifs is 5. The van der Waals surface area contributed by atoms with E-state index in [4.69, 9.17) is 0 Å². The normalized spacial score (nSPS) is 19.2. The van der Waals surface area contributed by atoms with E-state index in [0.29, 0.717) is 48.7 Å². The summed E-state index contributed by atoms with van der Waals surface area (Å²) < 4.78 is 58.0. The van der Waals surface area contributed by atoms with E-state index >= 15 is 0 Å². The van der Waals surface area contributed by atoms with Crippen LogP contribution in [0.5, 0.6) is 0 Å². The van der Waals surface area contributed by atoms with E-state index in [0.717, 1.165) is 38.7 Å². The van der Waals surface area contributed by atoms with Crippen LogP contribution >= 0.6 is 0 Å². The molecule has 1 spiro atoms. The van der Waals surface area contributed by atoms with E-state index in [1.54, 1.807) is 32.9 Å². The summed E-state index contributed by atoms with van der Waals surface area (Å²) in [6.45, 7) is 5.22. The summed E-state index contributed by atoms with van der Waals surface area (Å²) in [4.78, 5) is 0.597. The zero-order valence-corrected chi connectivity index (χ0v) is 26.0. The fourth-order valence-corrected chi connectivity index (χ4v) is 9.80. The molecule has 7 nitrogen and oxygen atoms in total. The maximum atomic E-state index is 13.9. The second-order valence-electron chi connectivity index (χ2n) is 12.0. The van der Waals surface area contributed by atoms with Crippen LogP contribution in [0.4, 0.5) is 5.69 Å². The van der Waals surface area contributed by atoms with Crippen LogP contribution in [0.25, 0.3) is 16.3 Å². The third-order valence-corrected chi connectivity index (χ3v) is 13.2. The molecule has 1 saturated heterocycles. The molecule has 0 bridgehead atoms. The second-order valence-corrected chi connectivity index (χ2v) is 15.9. The van der Waals surface area contributed by atoms with Crippen molar-refractivity contribution in [3.63, 3.8) is 0 Å². The molecule has 43 heavy (non-hydrogen) atoms. The van der Waals surface area contributed by atoms with Crippen LogP contribution in [-0.4, -0.2) is 57.2 Å². The number of benzene rings is 4. The Balaban J connectivity index is 1.28. The highest BCUT2D eigenvalue weighted by atomic mass is 32.2. The highest BCUT2D eigenvalue weighted by Gasteiger charge is 2.47. The van der Waals surface area contributed by atoms with Crippen LogP contribution in [0.15, 0.2) is 100 Å². The van der Waals surface area contributed by atoms with Crippen molar-refractivity contribution in [1.82, 2.24) is 8.61 Å². The first kappa shape index (κ1) is 28.3. The zero-order valence-electron chi connectivity index (χ0n) is 24.4. The summed E-state index contributed by atoms with van der Waals surface area (Å²) in [5, 5.41) is 6.12. The van der Waals surface area contributed by atoms with Crippen LogP contribution in [0, 0.1) is 13.8 Å². The zero-order chi connectivity index (χ0) is 30.0. The molecule has 7 rings (SSSR count). The Kier molecular flexibility index (Phi) is 6.77. The molecule has 0 saturated carbocycles. The van der Waals surface area contributed by atoms with Crippen LogP contribution in [0.3, 0.4) is 0 Å². The van der Waals surface area contributed by atoms with Crippen molar-refractivity contribution in [2.75, 3.05) is 31.5 Å². The third kappa shape index (κ3) is 4.70. The van der Waals surface area contributed by atoms with Crippen LogP contribution < -0.4 is 5.32 Å². The van der Waals surface area contributed by atoms with Gasteiger partial charge < -0.3 is 5.32 Å². The lowest BCUT2D eigenvalue weighted by molar-refractivity contribution is 0.267. The number of hydrogen-bond acceptors (Lipinski definition) is 5. The molecule has 0 aliphatic carbocycles.